The molecule has 2 aromatic carbocycles. The van der Waals surface area contributed by atoms with Crippen LogP contribution in [0.1, 0.15) is 37.8 Å². The number of amides is 1. The number of nitrogens with zero attached hydrogens (tertiary/aromatic N) is 4. The maximum absolute atomic E-state index is 12.1. The van der Waals surface area contributed by atoms with E-state index in [1.165, 1.54) is 5.56 Å². The molecular formula is C21H23N5O. The van der Waals surface area contributed by atoms with Gasteiger partial charge in [-0.15, -0.1) is 5.10 Å². The number of para-hydroxylation sites is 1. The molecule has 6 nitrogen and oxygen atoms in total. The van der Waals surface area contributed by atoms with E-state index in [0.29, 0.717) is 5.92 Å². The van der Waals surface area contributed by atoms with Crippen LogP contribution >= 0.6 is 0 Å². The van der Waals surface area contributed by atoms with Gasteiger partial charge in [-0.05, 0) is 41.7 Å². The Morgan fingerprint density at radius 3 is 2.67 bits per heavy atom. The van der Waals surface area contributed by atoms with Gasteiger partial charge in [0.25, 0.3) is 5.91 Å². The maximum Gasteiger partial charge on any atom is 0.261 e. The molecule has 27 heavy (non-hydrogen) atoms. The van der Waals surface area contributed by atoms with Crippen LogP contribution in [0.5, 0.6) is 0 Å². The van der Waals surface area contributed by atoms with Crippen LogP contribution in [0, 0.1) is 0 Å². The molecule has 1 N–H and O–H groups in total. The molecule has 138 valence electrons. The topological polar surface area (TPSA) is 72.2 Å². The van der Waals surface area contributed by atoms with Crippen LogP contribution in [0.25, 0.3) is 17.1 Å². The lowest BCUT2D eigenvalue weighted by molar-refractivity contribution is -0.121. The number of nitrogens with one attached hydrogen (secondary N) is 1. The predicted molar refractivity (Wildman–Crippen MR) is 108 cm³/mol. The Labute approximate surface area is 158 Å². The van der Waals surface area contributed by atoms with Crippen LogP contribution in [0.4, 0.5) is 0 Å². The van der Waals surface area contributed by atoms with E-state index in [0.717, 1.165) is 22.2 Å². The number of carbonyl (C=O) groups is 1. The molecule has 1 aromatic heterocycles. The Kier molecular flexibility index (Phi) is 5.76. The van der Waals surface area contributed by atoms with E-state index in [-0.39, 0.29) is 12.5 Å². The molecule has 0 aliphatic rings. The van der Waals surface area contributed by atoms with E-state index < -0.39 is 0 Å². The fraction of sp³-hybridized carbons (Fsp3) is 0.238. The molecule has 3 aromatic rings. The first kappa shape index (κ1) is 18.5. The van der Waals surface area contributed by atoms with Crippen molar-refractivity contribution in [3.8, 4) is 0 Å². The highest BCUT2D eigenvalue weighted by molar-refractivity contribution is 5.86. The molecule has 0 bridgehead atoms. The van der Waals surface area contributed by atoms with Crippen molar-refractivity contribution in [2.45, 2.75) is 33.2 Å². The summed E-state index contributed by atoms with van der Waals surface area (Å²) >= 11 is 0. The van der Waals surface area contributed by atoms with Crippen LogP contribution < -0.4 is 5.43 Å². The number of benzene rings is 2. The van der Waals surface area contributed by atoms with Crippen molar-refractivity contribution in [2.24, 2.45) is 5.10 Å². The Hall–Kier alpha value is -3.28. The lowest BCUT2D eigenvalue weighted by atomic mass is 10.0. The fourth-order valence-corrected chi connectivity index (χ4v) is 2.69. The Balaban J connectivity index is 1.56. The molecule has 0 atom stereocenters. The van der Waals surface area contributed by atoms with E-state index in [1.807, 2.05) is 37.3 Å². The number of rotatable bonds is 6. The van der Waals surface area contributed by atoms with Crippen molar-refractivity contribution >= 4 is 29.2 Å². The molecule has 0 radical (unpaired) electrons. The second-order valence-corrected chi connectivity index (χ2v) is 6.74. The number of hydrogen-bond acceptors (Lipinski definition) is 4. The summed E-state index contributed by atoms with van der Waals surface area (Å²) in [6.45, 7) is 6.36. The van der Waals surface area contributed by atoms with Gasteiger partial charge in [-0.3, -0.25) is 4.79 Å². The van der Waals surface area contributed by atoms with Gasteiger partial charge < -0.3 is 0 Å². The molecular weight excluding hydrogens is 338 g/mol. The molecule has 0 unspecified atom stereocenters. The van der Waals surface area contributed by atoms with Gasteiger partial charge in [0.15, 0.2) is 0 Å². The van der Waals surface area contributed by atoms with Crippen LogP contribution in [-0.2, 0) is 11.3 Å². The lowest BCUT2D eigenvalue weighted by Gasteiger charge is -2.05. The minimum atomic E-state index is -0.254. The molecule has 6 heteroatoms. The predicted octanol–water partition coefficient (Wildman–Crippen LogP) is 3.76. The summed E-state index contributed by atoms with van der Waals surface area (Å²) in [5.41, 5.74) is 7.46. The third-order valence-corrected chi connectivity index (χ3v) is 4.17. The second kappa shape index (κ2) is 8.40. The summed E-state index contributed by atoms with van der Waals surface area (Å²) in [6.07, 6.45) is 3.65. The molecule has 0 fully saturated rings. The van der Waals surface area contributed by atoms with Gasteiger partial charge in [-0.2, -0.15) is 5.10 Å². The number of hydrazone groups is 1. The number of carbonyl (C=O) groups excluding carboxylic acids is 1. The standard InChI is InChI=1S/C21H23N5O/c1-15(2)18-10-8-17(9-11-18)12-16(3)13-22-24-21(27)14-26-20-7-5-4-6-19(20)23-25-26/h4-13,15H,14H2,1-3H3,(H,24,27). The van der Waals surface area contributed by atoms with Gasteiger partial charge in [0.05, 0.1) is 11.7 Å². The van der Waals surface area contributed by atoms with E-state index >= 15 is 0 Å². The highest BCUT2D eigenvalue weighted by Gasteiger charge is 2.07. The first-order valence-corrected chi connectivity index (χ1v) is 8.91. The van der Waals surface area contributed by atoms with Crippen molar-refractivity contribution in [2.75, 3.05) is 0 Å². The number of fused-ring (bicyclic) bond motifs is 1. The van der Waals surface area contributed by atoms with Crippen molar-refractivity contribution in [1.29, 1.82) is 0 Å². The van der Waals surface area contributed by atoms with E-state index in [9.17, 15) is 4.79 Å². The Morgan fingerprint density at radius 2 is 1.93 bits per heavy atom. The van der Waals surface area contributed by atoms with Crippen LogP contribution in [0.3, 0.4) is 0 Å². The quantitative estimate of drug-likeness (QED) is 0.537. The normalized spacial score (nSPS) is 12.2. The minimum absolute atomic E-state index is 0.0667. The molecule has 1 amide bonds. The molecule has 0 aliphatic heterocycles. The SMILES string of the molecule is CC(C=NNC(=O)Cn1nnc2ccccc21)=Cc1ccc(C(C)C)cc1. The summed E-state index contributed by atoms with van der Waals surface area (Å²) in [7, 11) is 0. The third-order valence-electron chi connectivity index (χ3n) is 4.17. The summed E-state index contributed by atoms with van der Waals surface area (Å²) in [5, 5.41) is 12.0. The first-order valence-electron chi connectivity index (χ1n) is 8.91. The Morgan fingerprint density at radius 1 is 1.19 bits per heavy atom. The van der Waals surface area contributed by atoms with Crippen molar-refractivity contribution < 1.29 is 4.79 Å². The molecule has 1 heterocycles. The number of aromatic nitrogens is 3. The average Bonchev–Trinajstić information content (AvgIpc) is 3.05. The molecule has 0 saturated carbocycles. The molecule has 3 rings (SSSR count). The maximum atomic E-state index is 12.1. The lowest BCUT2D eigenvalue weighted by Crippen LogP contribution is -2.23. The van der Waals surface area contributed by atoms with E-state index in [1.54, 1.807) is 10.9 Å². The van der Waals surface area contributed by atoms with Gasteiger partial charge in [0.1, 0.15) is 12.1 Å². The highest BCUT2D eigenvalue weighted by Crippen LogP contribution is 2.16. The molecule has 0 saturated heterocycles. The van der Waals surface area contributed by atoms with Crippen molar-refractivity contribution in [1.82, 2.24) is 20.4 Å². The fourth-order valence-electron chi connectivity index (χ4n) is 2.69. The largest absolute Gasteiger partial charge is 0.271 e. The first-order chi connectivity index (χ1) is 13.0. The molecule has 0 spiro atoms. The smallest absolute Gasteiger partial charge is 0.261 e. The monoisotopic (exact) mass is 361 g/mol. The highest BCUT2D eigenvalue weighted by atomic mass is 16.2. The summed E-state index contributed by atoms with van der Waals surface area (Å²) in [6, 6.07) is 15.9. The van der Waals surface area contributed by atoms with Gasteiger partial charge >= 0.3 is 0 Å². The summed E-state index contributed by atoms with van der Waals surface area (Å²) in [5.74, 6) is 0.263. The van der Waals surface area contributed by atoms with Crippen molar-refractivity contribution in [3.63, 3.8) is 0 Å². The zero-order chi connectivity index (χ0) is 19.2. The van der Waals surface area contributed by atoms with E-state index in [4.69, 9.17) is 0 Å². The number of allylic oxidation sites excluding steroid dienone is 1. The number of hydrogen-bond donors (Lipinski definition) is 1. The Bertz CT molecular complexity index is 983. The van der Waals surface area contributed by atoms with Gasteiger partial charge in [-0.1, -0.05) is 61.5 Å². The minimum Gasteiger partial charge on any atom is -0.271 e. The van der Waals surface area contributed by atoms with Gasteiger partial charge in [0, 0.05) is 0 Å². The van der Waals surface area contributed by atoms with Crippen LogP contribution in [0.2, 0.25) is 0 Å². The zero-order valence-electron chi connectivity index (χ0n) is 15.8. The summed E-state index contributed by atoms with van der Waals surface area (Å²) in [4.78, 5) is 12.1. The van der Waals surface area contributed by atoms with Crippen LogP contribution in [-0.4, -0.2) is 27.1 Å². The van der Waals surface area contributed by atoms with Gasteiger partial charge in [0.2, 0.25) is 0 Å². The third kappa shape index (κ3) is 4.88. The summed E-state index contributed by atoms with van der Waals surface area (Å²) < 4.78 is 1.55. The van der Waals surface area contributed by atoms with Crippen molar-refractivity contribution in [3.05, 3.63) is 65.2 Å². The van der Waals surface area contributed by atoms with E-state index in [2.05, 4.69) is 59.0 Å². The van der Waals surface area contributed by atoms with Gasteiger partial charge in [-0.25, -0.2) is 10.1 Å². The second-order valence-electron chi connectivity index (χ2n) is 6.74. The zero-order valence-corrected chi connectivity index (χ0v) is 15.8. The average molecular weight is 361 g/mol. The molecule has 0 aliphatic carbocycles. The van der Waals surface area contributed by atoms with Crippen LogP contribution in [0.15, 0.2) is 59.2 Å².